The number of carbonyl (C=O) groups is 1. The Kier molecular flexibility index (Phi) is 6.01. The van der Waals surface area contributed by atoms with E-state index in [-0.39, 0.29) is 12.6 Å². The summed E-state index contributed by atoms with van der Waals surface area (Å²) in [6, 6.07) is 2.52. The number of aliphatic hydroxyl groups is 1. The van der Waals surface area contributed by atoms with Gasteiger partial charge < -0.3 is 9.84 Å². The third-order valence-electron chi connectivity index (χ3n) is 3.97. The largest absolute Gasteiger partial charge is 0.465 e. The Morgan fingerprint density at radius 2 is 2.20 bits per heavy atom. The Bertz CT molecular complexity index is 427. The van der Waals surface area contributed by atoms with Crippen molar-refractivity contribution in [1.82, 2.24) is 4.90 Å². The second kappa shape index (κ2) is 7.76. The highest BCUT2D eigenvalue weighted by molar-refractivity contribution is 7.12. The van der Waals surface area contributed by atoms with Crippen LogP contribution >= 0.6 is 11.3 Å². The summed E-state index contributed by atoms with van der Waals surface area (Å²) in [5.41, 5.74) is 1.01. The van der Waals surface area contributed by atoms with Crippen molar-refractivity contribution in [2.24, 2.45) is 0 Å². The summed E-state index contributed by atoms with van der Waals surface area (Å²) in [4.78, 5) is 14.7. The molecule has 1 fully saturated rings. The zero-order chi connectivity index (χ0) is 14.4. The predicted octanol–water partition coefficient (Wildman–Crippen LogP) is 2.66. The van der Waals surface area contributed by atoms with Gasteiger partial charge in [0, 0.05) is 19.1 Å². The lowest BCUT2D eigenvalue weighted by molar-refractivity contribution is 0.0602. The number of hydrogen-bond acceptors (Lipinski definition) is 5. The van der Waals surface area contributed by atoms with Crippen LogP contribution in [0.5, 0.6) is 0 Å². The van der Waals surface area contributed by atoms with Gasteiger partial charge in [0.05, 0.1) is 13.7 Å². The van der Waals surface area contributed by atoms with E-state index in [9.17, 15) is 9.90 Å². The molecule has 0 spiro atoms. The zero-order valence-electron chi connectivity index (χ0n) is 12.0. The van der Waals surface area contributed by atoms with Gasteiger partial charge in [-0.05, 0) is 29.9 Å². The van der Waals surface area contributed by atoms with Crippen molar-refractivity contribution < 1.29 is 14.6 Å². The Morgan fingerprint density at radius 1 is 1.45 bits per heavy atom. The summed E-state index contributed by atoms with van der Waals surface area (Å²) in [6.07, 6.45) is 6.23. The second-order valence-electron chi connectivity index (χ2n) is 5.25. The van der Waals surface area contributed by atoms with E-state index in [4.69, 9.17) is 4.74 Å². The van der Waals surface area contributed by atoms with Gasteiger partial charge in [-0.25, -0.2) is 4.79 Å². The van der Waals surface area contributed by atoms with Crippen LogP contribution < -0.4 is 0 Å². The van der Waals surface area contributed by atoms with Gasteiger partial charge in [0.2, 0.25) is 0 Å². The molecule has 0 aromatic carbocycles. The molecule has 1 aliphatic rings. The number of methoxy groups -OCH3 is 1. The smallest absolute Gasteiger partial charge is 0.348 e. The van der Waals surface area contributed by atoms with Crippen molar-refractivity contribution in [3.05, 3.63) is 21.9 Å². The minimum absolute atomic E-state index is 0.161. The molecule has 1 N–H and O–H groups in total. The molecule has 1 aromatic heterocycles. The van der Waals surface area contributed by atoms with E-state index < -0.39 is 0 Å². The minimum atomic E-state index is -0.261. The maximum absolute atomic E-state index is 11.7. The highest BCUT2D eigenvalue weighted by atomic mass is 32.1. The van der Waals surface area contributed by atoms with Gasteiger partial charge in [-0.15, -0.1) is 11.3 Å². The third-order valence-corrected chi connectivity index (χ3v) is 4.91. The van der Waals surface area contributed by atoms with E-state index in [1.165, 1.54) is 50.6 Å². The number of thiophene rings is 1. The Morgan fingerprint density at radius 3 is 2.85 bits per heavy atom. The van der Waals surface area contributed by atoms with Gasteiger partial charge in [-0.2, -0.15) is 0 Å². The summed E-state index contributed by atoms with van der Waals surface area (Å²) in [5.74, 6) is -0.261. The molecular weight excluding hydrogens is 274 g/mol. The summed E-state index contributed by atoms with van der Waals surface area (Å²) in [5, 5.41) is 11.2. The molecule has 20 heavy (non-hydrogen) atoms. The van der Waals surface area contributed by atoms with Crippen LogP contribution in [0.1, 0.15) is 47.3 Å². The molecule has 0 saturated heterocycles. The molecule has 0 unspecified atom stereocenters. The van der Waals surface area contributed by atoms with E-state index in [0.29, 0.717) is 17.5 Å². The molecule has 1 saturated carbocycles. The van der Waals surface area contributed by atoms with Crippen LogP contribution in [0.2, 0.25) is 0 Å². The first-order chi connectivity index (χ1) is 9.76. The SMILES string of the molecule is COC(=O)c1sccc1CN(CCO)C1CCCCC1. The van der Waals surface area contributed by atoms with E-state index in [0.717, 1.165) is 12.1 Å². The molecule has 0 radical (unpaired) electrons. The molecule has 1 heterocycles. The minimum Gasteiger partial charge on any atom is -0.465 e. The van der Waals surface area contributed by atoms with E-state index in [1.807, 2.05) is 11.4 Å². The lowest BCUT2D eigenvalue weighted by Crippen LogP contribution is -2.38. The second-order valence-corrected chi connectivity index (χ2v) is 6.17. The number of ether oxygens (including phenoxy) is 1. The van der Waals surface area contributed by atoms with Gasteiger partial charge in [-0.3, -0.25) is 4.90 Å². The van der Waals surface area contributed by atoms with Crippen LogP contribution in [0.15, 0.2) is 11.4 Å². The lowest BCUT2D eigenvalue weighted by atomic mass is 9.94. The number of nitrogens with zero attached hydrogens (tertiary/aromatic N) is 1. The summed E-state index contributed by atoms with van der Waals surface area (Å²) < 4.78 is 4.83. The van der Waals surface area contributed by atoms with E-state index >= 15 is 0 Å². The highest BCUT2D eigenvalue weighted by Crippen LogP contribution is 2.26. The monoisotopic (exact) mass is 297 g/mol. The normalized spacial score (nSPS) is 16.6. The topological polar surface area (TPSA) is 49.8 Å². The molecule has 2 rings (SSSR count). The number of esters is 1. The van der Waals surface area contributed by atoms with Crippen LogP contribution in [0, 0.1) is 0 Å². The van der Waals surface area contributed by atoms with E-state index in [1.54, 1.807) is 0 Å². The standard InChI is InChI=1S/C15H23NO3S/c1-19-15(18)14-12(7-10-20-14)11-16(8-9-17)13-5-3-2-4-6-13/h7,10,13,17H,2-6,8-9,11H2,1H3. The summed E-state index contributed by atoms with van der Waals surface area (Å²) in [6.45, 7) is 1.55. The van der Waals surface area contributed by atoms with Crippen LogP contribution in [0.3, 0.4) is 0 Å². The molecule has 112 valence electrons. The maximum Gasteiger partial charge on any atom is 0.348 e. The summed E-state index contributed by atoms with van der Waals surface area (Å²) in [7, 11) is 1.42. The van der Waals surface area contributed by atoms with E-state index in [2.05, 4.69) is 4.90 Å². The molecule has 1 aromatic rings. The van der Waals surface area contributed by atoms with Crippen molar-refractivity contribution >= 4 is 17.3 Å². The van der Waals surface area contributed by atoms with Gasteiger partial charge in [0.15, 0.2) is 0 Å². The third kappa shape index (κ3) is 3.81. The molecule has 5 heteroatoms. The van der Waals surface area contributed by atoms with Crippen LogP contribution in [0.4, 0.5) is 0 Å². The first-order valence-electron chi connectivity index (χ1n) is 7.26. The van der Waals surface area contributed by atoms with Crippen molar-refractivity contribution in [3.8, 4) is 0 Å². The van der Waals surface area contributed by atoms with Crippen molar-refractivity contribution in [3.63, 3.8) is 0 Å². The molecule has 0 aliphatic heterocycles. The number of hydrogen-bond donors (Lipinski definition) is 1. The molecule has 1 aliphatic carbocycles. The Balaban J connectivity index is 2.07. The lowest BCUT2D eigenvalue weighted by Gasteiger charge is -2.34. The average Bonchev–Trinajstić information content (AvgIpc) is 2.95. The van der Waals surface area contributed by atoms with Gasteiger partial charge in [0.25, 0.3) is 0 Å². The van der Waals surface area contributed by atoms with Crippen molar-refractivity contribution in [2.75, 3.05) is 20.3 Å². The molecule has 0 atom stereocenters. The fraction of sp³-hybridized carbons (Fsp3) is 0.667. The van der Waals surface area contributed by atoms with Gasteiger partial charge in [0.1, 0.15) is 4.88 Å². The first-order valence-corrected chi connectivity index (χ1v) is 8.13. The Hall–Kier alpha value is -0.910. The quantitative estimate of drug-likeness (QED) is 0.820. The number of aliphatic hydroxyl groups excluding tert-OH is 1. The van der Waals surface area contributed by atoms with Gasteiger partial charge in [-0.1, -0.05) is 19.3 Å². The van der Waals surface area contributed by atoms with Crippen molar-refractivity contribution in [1.29, 1.82) is 0 Å². The first kappa shape index (κ1) is 15.5. The van der Waals surface area contributed by atoms with Crippen LogP contribution in [-0.2, 0) is 11.3 Å². The molecule has 4 nitrogen and oxygen atoms in total. The van der Waals surface area contributed by atoms with Crippen LogP contribution in [-0.4, -0.2) is 42.3 Å². The fourth-order valence-electron chi connectivity index (χ4n) is 2.92. The fourth-order valence-corrected chi connectivity index (χ4v) is 3.75. The van der Waals surface area contributed by atoms with Crippen LogP contribution in [0.25, 0.3) is 0 Å². The highest BCUT2D eigenvalue weighted by Gasteiger charge is 2.23. The number of rotatable bonds is 6. The molecule has 0 amide bonds. The molecular formula is C15H23NO3S. The predicted molar refractivity (Wildman–Crippen MR) is 80.0 cm³/mol. The maximum atomic E-state index is 11.7. The summed E-state index contributed by atoms with van der Waals surface area (Å²) >= 11 is 1.43. The molecule has 0 bridgehead atoms. The Labute approximate surface area is 124 Å². The van der Waals surface area contributed by atoms with Gasteiger partial charge >= 0.3 is 5.97 Å². The van der Waals surface area contributed by atoms with Crippen molar-refractivity contribution in [2.45, 2.75) is 44.7 Å². The zero-order valence-corrected chi connectivity index (χ0v) is 12.8. The average molecular weight is 297 g/mol. The number of carbonyl (C=O) groups excluding carboxylic acids is 1.